The molecule has 0 saturated carbocycles. The lowest BCUT2D eigenvalue weighted by atomic mass is 10.1. The summed E-state index contributed by atoms with van der Waals surface area (Å²) in [5, 5.41) is 10.1. The van der Waals surface area contributed by atoms with Gasteiger partial charge in [0, 0.05) is 37.5 Å². The van der Waals surface area contributed by atoms with Crippen LogP contribution in [0.25, 0.3) is 16.8 Å². The van der Waals surface area contributed by atoms with Crippen LogP contribution in [0.4, 0.5) is 19.0 Å². The van der Waals surface area contributed by atoms with Crippen molar-refractivity contribution in [2.45, 2.75) is 24.7 Å². The normalized spacial score (nSPS) is 18.6. The Bertz CT molecular complexity index is 1180. The highest BCUT2D eigenvalue weighted by molar-refractivity contribution is 5.97. The maximum absolute atomic E-state index is 13.6. The molecule has 0 unspecified atom stereocenters. The molecule has 0 spiro atoms. The largest absolute Gasteiger partial charge is 0.480 e. The first kappa shape index (κ1) is 22.7. The third-order valence-electron chi connectivity index (χ3n) is 5.40. The van der Waals surface area contributed by atoms with Gasteiger partial charge in [0.25, 0.3) is 5.91 Å². The van der Waals surface area contributed by atoms with Crippen molar-refractivity contribution in [1.82, 2.24) is 30.2 Å². The molecule has 1 aliphatic rings. The van der Waals surface area contributed by atoms with Crippen molar-refractivity contribution >= 4 is 17.2 Å². The molecule has 3 aromatic heterocycles. The van der Waals surface area contributed by atoms with Gasteiger partial charge in [-0.15, -0.1) is 0 Å². The number of nitrogen functional groups attached to an aromatic ring is 1. The van der Waals surface area contributed by atoms with Crippen LogP contribution in [0.1, 0.15) is 22.3 Å². The number of halogens is 3. The lowest BCUT2D eigenvalue weighted by molar-refractivity contribution is -0.136. The number of nitrogens with two attached hydrogens (primary N) is 1. The topological polar surface area (TPSA) is 129 Å². The van der Waals surface area contributed by atoms with Gasteiger partial charge in [-0.2, -0.15) is 18.3 Å². The molecule has 1 saturated heterocycles. The van der Waals surface area contributed by atoms with Gasteiger partial charge in [0.05, 0.1) is 25.0 Å². The number of hydrogen-bond donors (Lipinski definition) is 3. The maximum Gasteiger partial charge on any atom is 0.418 e. The fraction of sp³-hybridized carbons (Fsp3) is 0.400. The summed E-state index contributed by atoms with van der Waals surface area (Å²) in [6, 6.07) is 2.28. The number of ether oxygens (including phenoxy) is 2. The molecule has 0 radical (unpaired) electrons. The van der Waals surface area contributed by atoms with Crippen LogP contribution in [-0.2, 0) is 10.9 Å². The molecule has 2 atom stereocenters. The lowest BCUT2D eigenvalue weighted by Crippen LogP contribution is -2.36. The van der Waals surface area contributed by atoms with Gasteiger partial charge < -0.3 is 25.8 Å². The smallest absolute Gasteiger partial charge is 0.418 e. The minimum Gasteiger partial charge on any atom is -0.480 e. The Balaban J connectivity index is 1.71. The van der Waals surface area contributed by atoms with Crippen LogP contribution in [0.15, 0.2) is 24.7 Å². The van der Waals surface area contributed by atoms with Crippen LogP contribution in [0, 0.1) is 0 Å². The van der Waals surface area contributed by atoms with E-state index in [0.717, 1.165) is 16.9 Å². The molecule has 10 nitrogen and oxygen atoms in total. The Morgan fingerprint density at radius 3 is 2.82 bits per heavy atom. The van der Waals surface area contributed by atoms with E-state index in [1.807, 2.05) is 0 Å². The molecule has 4 rings (SSSR count). The number of fused-ring (bicyclic) bond motifs is 1. The second-order valence-corrected chi connectivity index (χ2v) is 7.59. The highest BCUT2D eigenvalue weighted by Gasteiger charge is 2.37. The quantitative estimate of drug-likeness (QED) is 0.500. The standard InChI is InChI=1S/C20H22F3N7O3/c1-32-8-12-4-11(7-25-12)29-18(31)13-3-10(6-26-19(13)33-2)15-5-14(20(21,22)23)16-17(24)27-9-28-30(15)16/h3,5-6,9,11-12,25H,4,7-8H2,1-2H3,(H,29,31)(H2,24,27,28)/t11-,12-/m0/s1. The first-order valence-corrected chi connectivity index (χ1v) is 10.00. The lowest BCUT2D eigenvalue weighted by Gasteiger charge is -2.14. The van der Waals surface area contributed by atoms with E-state index >= 15 is 0 Å². The van der Waals surface area contributed by atoms with Gasteiger partial charge in [-0.1, -0.05) is 0 Å². The molecule has 1 aliphatic heterocycles. The van der Waals surface area contributed by atoms with Crippen molar-refractivity contribution < 1.29 is 27.4 Å². The predicted octanol–water partition coefficient (Wildman–Crippen LogP) is 1.51. The molecular weight excluding hydrogens is 443 g/mol. The van der Waals surface area contributed by atoms with E-state index in [0.29, 0.717) is 19.6 Å². The molecule has 1 amide bonds. The van der Waals surface area contributed by atoms with E-state index in [4.69, 9.17) is 15.2 Å². The van der Waals surface area contributed by atoms with Gasteiger partial charge in [-0.25, -0.2) is 14.5 Å². The summed E-state index contributed by atoms with van der Waals surface area (Å²) < 4.78 is 52.3. The van der Waals surface area contributed by atoms with Crippen LogP contribution >= 0.6 is 0 Å². The highest BCUT2D eigenvalue weighted by Crippen LogP contribution is 2.38. The second-order valence-electron chi connectivity index (χ2n) is 7.59. The Morgan fingerprint density at radius 2 is 2.12 bits per heavy atom. The van der Waals surface area contributed by atoms with Crippen molar-refractivity contribution in [3.63, 3.8) is 0 Å². The Morgan fingerprint density at radius 1 is 1.33 bits per heavy atom. The summed E-state index contributed by atoms with van der Waals surface area (Å²) in [7, 11) is 2.95. The van der Waals surface area contributed by atoms with Crippen LogP contribution in [0.5, 0.6) is 5.88 Å². The number of carbonyl (C=O) groups is 1. The maximum atomic E-state index is 13.6. The zero-order valence-corrected chi connectivity index (χ0v) is 17.8. The number of carbonyl (C=O) groups excluding carboxylic acids is 1. The van der Waals surface area contributed by atoms with Gasteiger partial charge in [-0.05, 0) is 18.6 Å². The summed E-state index contributed by atoms with van der Waals surface area (Å²) in [4.78, 5) is 20.8. The molecule has 4 heterocycles. The molecular formula is C20H22F3N7O3. The molecule has 13 heteroatoms. The van der Waals surface area contributed by atoms with Crippen LogP contribution in [0.2, 0.25) is 0 Å². The number of rotatable bonds is 6. The van der Waals surface area contributed by atoms with E-state index < -0.39 is 17.6 Å². The highest BCUT2D eigenvalue weighted by atomic mass is 19.4. The van der Waals surface area contributed by atoms with Crippen LogP contribution < -0.4 is 21.1 Å². The summed E-state index contributed by atoms with van der Waals surface area (Å²) in [5.41, 5.74) is 4.71. The number of nitrogens with zero attached hydrogens (tertiary/aromatic N) is 4. The number of hydrogen-bond acceptors (Lipinski definition) is 8. The Labute approximate surface area is 186 Å². The van der Waals surface area contributed by atoms with E-state index in [1.165, 1.54) is 19.4 Å². The van der Waals surface area contributed by atoms with Gasteiger partial charge >= 0.3 is 6.18 Å². The monoisotopic (exact) mass is 465 g/mol. The number of pyridine rings is 1. The van der Waals surface area contributed by atoms with Crippen molar-refractivity contribution in [3.05, 3.63) is 35.8 Å². The van der Waals surface area contributed by atoms with E-state index in [-0.39, 0.29) is 46.1 Å². The van der Waals surface area contributed by atoms with E-state index in [1.54, 1.807) is 7.11 Å². The number of aromatic nitrogens is 4. The number of amides is 1. The summed E-state index contributed by atoms with van der Waals surface area (Å²) >= 11 is 0. The first-order chi connectivity index (χ1) is 15.7. The first-order valence-electron chi connectivity index (χ1n) is 10.00. The minimum absolute atomic E-state index is 0.0432. The SMILES string of the molecule is COC[C@@H]1C[C@H](NC(=O)c2cc(-c3cc(C(F)(F)F)c4c(N)ncnn34)cnc2OC)CN1. The Kier molecular flexibility index (Phi) is 6.08. The molecule has 4 N–H and O–H groups in total. The van der Waals surface area contributed by atoms with Gasteiger partial charge in [0.1, 0.15) is 17.4 Å². The van der Waals surface area contributed by atoms with Crippen LogP contribution in [-0.4, -0.2) is 64.9 Å². The molecule has 0 aliphatic carbocycles. The van der Waals surface area contributed by atoms with Crippen molar-refractivity contribution in [1.29, 1.82) is 0 Å². The van der Waals surface area contributed by atoms with Crippen molar-refractivity contribution in [2.75, 3.05) is 33.1 Å². The van der Waals surface area contributed by atoms with Gasteiger partial charge in [-0.3, -0.25) is 4.79 Å². The van der Waals surface area contributed by atoms with E-state index in [9.17, 15) is 18.0 Å². The van der Waals surface area contributed by atoms with Gasteiger partial charge in [0.15, 0.2) is 5.82 Å². The molecule has 0 bridgehead atoms. The molecule has 3 aromatic rings. The third-order valence-corrected chi connectivity index (χ3v) is 5.40. The number of anilines is 1. The second kappa shape index (κ2) is 8.83. The summed E-state index contributed by atoms with van der Waals surface area (Å²) in [6.45, 7) is 1.07. The molecule has 176 valence electrons. The number of methoxy groups -OCH3 is 2. The van der Waals surface area contributed by atoms with Crippen molar-refractivity contribution in [3.8, 4) is 17.1 Å². The average molecular weight is 465 g/mol. The summed E-state index contributed by atoms with van der Waals surface area (Å²) in [5.74, 6) is -0.735. The molecule has 33 heavy (non-hydrogen) atoms. The van der Waals surface area contributed by atoms with Gasteiger partial charge in [0.2, 0.25) is 5.88 Å². The third kappa shape index (κ3) is 4.41. The van der Waals surface area contributed by atoms with E-state index in [2.05, 4.69) is 25.7 Å². The zero-order valence-electron chi connectivity index (χ0n) is 17.8. The van der Waals surface area contributed by atoms with Crippen LogP contribution in [0.3, 0.4) is 0 Å². The van der Waals surface area contributed by atoms with Crippen molar-refractivity contribution in [2.24, 2.45) is 0 Å². The molecule has 0 aromatic carbocycles. The average Bonchev–Trinajstić information content (AvgIpc) is 3.38. The predicted molar refractivity (Wildman–Crippen MR) is 112 cm³/mol. The zero-order chi connectivity index (χ0) is 23.8. The number of nitrogens with one attached hydrogen (secondary N) is 2. The minimum atomic E-state index is -4.68. The summed E-state index contributed by atoms with van der Waals surface area (Å²) in [6.07, 6.45) is -1.65. The fourth-order valence-electron chi connectivity index (χ4n) is 3.93. The Hall–Kier alpha value is -3.45. The fourth-order valence-corrected chi connectivity index (χ4v) is 3.93. The number of alkyl halides is 3. The molecule has 1 fully saturated rings.